The number of sulfone groups is 1. The first kappa shape index (κ1) is 17.2. The molecule has 3 rings (SSSR count). The van der Waals surface area contributed by atoms with Crippen LogP contribution in [0.1, 0.15) is 12.0 Å². The van der Waals surface area contributed by atoms with Gasteiger partial charge in [-0.2, -0.15) is 0 Å². The van der Waals surface area contributed by atoms with Crippen LogP contribution in [0.2, 0.25) is 5.02 Å². The van der Waals surface area contributed by atoms with E-state index < -0.39 is 32.3 Å². The van der Waals surface area contributed by atoms with Crippen LogP contribution in [-0.2, 0) is 25.8 Å². The van der Waals surface area contributed by atoms with Gasteiger partial charge in [-0.25, -0.2) is 12.8 Å². The number of aliphatic carboxylic acids is 1. The van der Waals surface area contributed by atoms with E-state index in [9.17, 15) is 27.5 Å². The number of rotatable bonds is 3. The molecule has 2 heterocycles. The Morgan fingerprint density at radius 2 is 2.04 bits per heavy atom. The number of hydrogen-bond donors (Lipinski definition) is 1. The fourth-order valence-corrected chi connectivity index (χ4v) is 5.98. The van der Waals surface area contributed by atoms with E-state index in [1.54, 1.807) is 0 Å². The predicted octanol–water partition coefficient (Wildman–Crippen LogP) is 1.12. The van der Waals surface area contributed by atoms with Crippen LogP contribution in [-0.4, -0.2) is 53.9 Å². The highest BCUT2D eigenvalue weighted by Crippen LogP contribution is 2.45. The van der Waals surface area contributed by atoms with Crippen molar-refractivity contribution in [3.63, 3.8) is 0 Å². The Labute approximate surface area is 143 Å². The van der Waals surface area contributed by atoms with Gasteiger partial charge in [0.15, 0.2) is 9.84 Å². The monoisotopic (exact) mass is 375 g/mol. The molecule has 1 N–H and O–H groups in total. The average Bonchev–Trinajstić information content (AvgIpc) is 2.71. The minimum Gasteiger partial charge on any atom is -0.481 e. The summed E-state index contributed by atoms with van der Waals surface area (Å²) in [5.74, 6) is -3.18. The molecule has 1 aromatic rings. The number of carbonyl (C=O) groups is 2. The number of carbonyl (C=O) groups excluding carboxylic acids is 1. The molecule has 1 aromatic carbocycles. The van der Waals surface area contributed by atoms with Crippen molar-refractivity contribution in [2.75, 3.05) is 18.8 Å². The van der Waals surface area contributed by atoms with Crippen molar-refractivity contribution in [3.8, 4) is 0 Å². The van der Waals surface area contributed by atoms with Crippen molar-refractivity contribution in [2.24, 2.45) is 5.92 Å². The van der Waals surface area contributed by atoms with E-state index in [1.807, 2.05) is 0 Å². The third kappa shape index (κ3) is 2.57. The molecule has 9 heteroatoms. The Morgan fingerprint density at radius 3 is 2.62 bits per heavy atom. The predicted molar refractivity (Wildman–Crippen MR) is 84.0 cm³/mol. The maximum absolute atomic E-state index is 13.0. The first-order valence-corrected chi connectivity index (χ1v) is 9.36. The molecule has 0 aromatic heterocycles. The van der Waals surface area contributed by atoms with Crippen LogP contribution in [0, 0.1) is 11.7 Å². The molecule has 2 aliphatic rings. The van der Waals surface area contributed by atoms with Crippen molar-refractivity contribution < 1.29 is 27.5 Å². The number of nitrogens with zero attached hydrogens (tertiary/aromatic N) is 1. The quantitative estimate of drug-likeness (QED) is 0.854. The zero-order valence-corrected chi connectivity index (χ0v) is 14.1. The second-order valence-electron chi connectivity index (χ2n) is 6.23. The molecule has 130 valence electrons. The lowest BCUT2D eigenvalue weighted by molar-refractivity contribution is -0.148. The van der Waals surface area contributed by atoms with E-state index in [0.717, 1.165) is 6.07 Å². The zero-order chi connectivity index (χ0) is 17.7. The molecule has 1 unspecified atom stereocenters. The second kappa shape index (κ2) is 5.70. The number of hydrogen-bond acceptors (Lipinski definition) is 4. The average molecular weight is 376 g/mol. The summed E-state index contributed by atoms with van der Waals surface area (Å²) >= 11 is 5.89. The molecule has 24 heavy (non-hydrogen) atoms. The Kier molecular flexibility index (Phi) is 4.08. The van der Waals surface area contributed by atoms with Crippen LogP contribution in [0.4, 0.5) is 4.39 Å². The van der Waals surface area contributed by atoms with Crippen LogP contribution < -0.4 is 0 Å². The molecular formula is C15H15ClFNO5S. The summed E-state index contributed by atoms with van der Waals surface area (Å²) in [5.41, 5.74) is 0.438. The maximum Gasteiger partial charge on any atom is 0.308 e. The third-order valence-electron chi connectivity index (χ3n) is 4.85. The molecule has 1 amide bonds. The largest absolute Gasteiger partial charge is 0.481 e. The molecule has 0 radical (unpaired) electrons. The summed E-state index contributed by atoms with van der Waals surface area (Å²) in [6.45, 7) is -0.242. The standard InChI is InChI=1S/C15H15ClFNO5S/c16-12-6-10(17)2-1-9(12)5-13(19)18-7-15(8-18)11(14(20)21)3-4-24(15,22)23/h1-2,6,11H,3-5,7-8H2,(H,20,21). The van der Waals surface area contributed by atoms with Gasteiger partial charge >= 0.3 is 5.97 Å². The molecule has 0 saturated carbocycles. The van der Waals surface area contributed by atoms with Gasteiger partial charge in [0, 0.05) is 18.1 Å². The smallest absolute Gasteiger partial charge is 0.308 e. The first-order valence-electron chi connectivity index (χ1n) is 7.33. The second-order valence-corrected chi connectivity index (χ2v) is 9.08. The van der Waals surface area contributed by atoms with E-state index in [4.69, 9.17) is 11.6 Å². The SMILES string of the molecule is O=C(O)C1CCS(=O)(=O)C12CN(C(=O)Cc1ccc(F)cc1Cl)C2. The third-order valence-corrected chi connectivity index (χ3v) is 7.76. The normalized spacial score (nSPS) is 23.9. The highest BCUT2D eigenvalue weighted by molar-refractivity contribution is 7.93. The minimum absolute atomic E-state index is 0.0729. The molecule has 1 spiro atoms. The molecule has 2 fully saturated rings. The molecule has 2 saturated heterocycles. The number of likely N-dealkylation sites (tertiary alicyclic amines) is 1. The number of benzene rings is 1. The number of carboxylic acids is 1. The van der Waals surface area contributed by atoms with Crippen molar-refractivity contribution in [2.45, 2.75) is 17.6 Å². The molecule has 0 bridgehead atoms. The van der Waals surface area contributed by atoms with Gasteiger partial charge in [0.25, 0.3) is 0 Å². The number of halogens is 2. The molecule has 0 aliphatic carbocycles. The summed E-state index contributed by atoms with van der Waals surface area (Å²) < 4.78 is 36.1. The van der Waals surface area contributed by atoms with Crippen LogP contribution in [0.3, 0.4) is 0 Å². The van der Waals surface area contributed by atoms with E-state index in [0.29, 0.717) is 5.56 Å². The fraction of sp³-hybridized carbons (Fsp3) is 0.467. The van der Waals surface area contributed by atoms with Crippen LogP contribution in [0.5, 0.6) is 0 Å². The van der Waals surface area contributed by atoms with Crippen LogP contribution in [0.25, 0.3) is 0 Å². The highest BCUT2D eigenvalue weighted by atomic mass is 35.5. The summed E-state index contributed by atoms with van der Waals surface area (Å²) in [6.07, 6.45) is -0.0174. The van der Waals surface area contributed by atoms with Crippen molar-refractivity contribution in [3.05, 3.63) is 34.6 Å². The van der Waals surface area contributed by atoms with Gasteiger partial charge < -0.3 is 10.0 Å². The Bertz CT molecular complexity index is 819. The lowest BCUT2D eigenvalue weighted by Crippen LogP contribution is -2.69. The van der Waals surface area contributed by atoms with Crippen molar-refractivity contribution in [1.29, 1.82) is 0 Å². The Morgan fingerprint density at radius 1 is 1.38 bits per heavy atom. The van der Waals surface area contributed by atoms with Gasteiger partial charge in [0.05, 0.1) is 18.1 Å². The fourth-order valence-electron chi connectivity index (χ4n) is 3.44. The molecular weight excluding hydrogens is 361 g/mol. The van der Waals surface area contributed by atoms with Gasteiger partial charge in [-0.05, 0) is 24.1 Å². The van der Waals surface area contributed by atoms with Crippen molar-refractivity contribution in [1.82, 2.24) is 4.90 Å². The molecule has 6 nitrogen and oxygen atoms in total. The van der Waals surface area contributed by atoms with E-state index >= 15 is 0 Å². The van der Waals surface area contributed by atoms with E-state index in [-0.39, 0.29) is 42.6 Å². The first-order chi connectivity index (χ1) is 11.2. The van der Waals surface area contributed by atoms with E-state index in [2.05, 4.69) is 0 Å². The number of carboxylic acid groups (broad SMARTS) is 1. The maximum atomic E-state index is 13.0. The van der Waals surface area contributed by atoms with Gasteiger partial charge in [-0.15, -0.1) is 0 Å². The van der Waals surface area contributed by atoms with Crippen LogP contribution >= 0.6 is 11.6 Å². The van der Waals surface area contributed by atoms with Gasteiger partial charge in [0.2, 0.25) is 5.91 Å². The Balaban J connectivity index is 1.73. The van der Waals surface area contributed by atoms with Crippen molar-refractivity contribution >= 4 is 33.3 Å². The molecule has 1 atom stereocenters. The van der Waals surface area contributed by atoms with Gasteiger partial charge in [-0.3, -0.25) is 9.59 Å². The summed E-state index contributed by atoms with van der Waals surface area (Å²) in [4.78, 5) is 24.9. The minimum atomic E-state index is -3.55. The summed E-state index contributed by atoms with van der Waals surface area (Å²) in [7, 11) is -3.55. The summed E-state index contributed by atoms with van der Waals surface area (Å²) in [6, 6.07) is 3.69. The highest BCUT2D eigenvalue weighted by Gasteiger charge is 2.64. The van der Waals surface area contributed by atoms with Gasteiger partial charge in [-0.1, -0.05) is 17.7 Å². The topological polar surface area (TPSA) is 91.8 Å². The van der Waals surface area contributed by atoms with E-state index in [1.165, 1.54) is 17.0 Å². The van der Waals surface area contributed by atoms with Gasteiger partial charge in [0.1, 0.15) is 10.6 Å². The lowest BCUT2D eigenvalue weighted by Gasteiger charge is -2.48. The number of amides is 1. The van der Waals surface area contributed by atoms with Crippen LogP contribution in [0.15, 0.2) is 18.2 Å². The lowest BCUT2D eigenvalue weighted by atomic mass is 9.83. The Hall–Kier alpha value is -1.67. The molecule has 2 aliphatic heterocycles. The zero-order valence-electron chi connectivity index (χ0n) is 12.5. The summed E-state index contributed by atoms with van der Waals surface area (Å²) in [5, 5.41) is 9.37.